The molecule has 0 fully saturated rings. The number of fused-ring (bicyclic) bond motifs is 3. The molecule has 0 saturated heterocycles. The summed E-state index contributed by atoms with van der Waals surface area (Å²) in [7, 11) is 2.09. The molecule has 0 saturated carbocycles. The first kappa shape index (κ1) is 27.6. The van der Waals surface area contributed by atoms with Crippen molar-refractivity contribution in [2.45, 2.75) is 40.0 Å². The van der Waals surface area contributed by atoms with Crippen molar-refractivity contribution in [1.82, 2.24) is 24.4 Å². The quantitative estimate of drug-likeness (QED) is 0.217. The highest BCUT2D eigenvalue weighted by Gasteiger charge is 2.20. The number of nitrogens with zero attached hydrogens (tertiary/aromatic N) is 6. The Morgan fingerprint density at radius 3 is 2.45 bits per heavy atom. The van der Waals surface area contributed by atoms with Crippen LogP contribution in [0.4, 0.5) is 22.1 Å². The number of thiazole rings is 1. The lowest BCUT2D eigenvalue weighted by Crippen LogP contribution is -2.33. The predicted molar refractivity (Wildman–Crippen MR) is 163 cm³/mol. The van der Waals surface area contributed by atoms with Crippen LogP contribution in [0.1, 0.15) is 40.4 Å². The summed E-state index contributed by atoms with van der Waals surface area (Å²) in [5.41, 5.74) is 3.34. The van der Waals surface area contributed by atoms with E-state index >= 15 is 0 Å². The number of likely N-dealkylation sites (N-methyl/N-ethyl adjacent to an activating group) is 2. The summed E-state index contributed by atoms with van der Waals surface area (Å²) in [4.78, 5) is 28.7. The van der Waals surface area contributed by atoms with E-state index in [1.807, 2.05) is 51.2 Å². The van der Waals surface area contributed by atoms with Crippen LogP contribution in [0, 0.1) is 0 Å². The Balaban J connectivity index is 1.25. The molecule has 5 aromatic rings. The molecule has 0 atom stereocenters. The third-order valence-electron chi connectivity index (χ3n) is 6.91. The molecule has 2 amide bonds. The van der Waals surface area contributed by atoms with Gasteiger partial charge in [0.2, 0.25) is 0 Å². The monoisotopic (exact) mass is 560 g/mol. The number of amides is 2. The maximum atomic E-state index is 12.4. The SMILES string of the molecule is CCN(CC)CCN(C)c1ccc2c(n1)sc1nc(-c3ccc(NC(=O)Nc4cc(C(C)(C)C)on4)cc3)cn12. The van der Waals surface area contributed by atoms with Gasteiger partial charge in [-0.25, -0.2) is 14.8 Å². The lowest BCUT2D eigenvalue weighted by Gasteiger charge is -2.23. The van der Waals surface area contributed by atoms with Crippen LogP contribution >= 0.6 is 11.3 Å². The molecule has 0 aliphatic carbocycles. The first-order chi connectivity index (χ1) is 19.1. The van der Waals surface area contributed by atoms with Gasteiger partial charge >= 0.3 is 6.03 Å². The number of anilines is 3. The predicted octanol–water partition coefficient (Wildman–Crippen LogP) is 6.32. The summed E-state index contributed by atoms with van der Waals surface area (Å²) < 4.78 is 7.41. The van der Waals surface area contributed by atoms with Gasteiger partial charge in [0.15, 0.2) is 10.8 Å². The van der Waals surface area contributed by atoms with Gasteiger partial charge in [0.05, 0.1) is 11.2 Å². The average molecular weight is 561 g/mol. The number of pyridine rings is 1. The standard InChI is InChI=1S/C29H36N8O2S/c1-7-36(8-2)16-15-35(6)25-14-13-22-26(33-25)40-28-31-21(18-37(22)28)19-9-11-20(12-10-19)30-27(38)32-24-17-23(39-34-24)29(3,4)5/h9-14,17-18H,7-8,15-16H2,1-6H3,(H2,30,32,34,38). The zero-order chi connectivity index (χ0) is 28.4. The number of hydrogen-bond acceptors (Lipinski definition) is 8. The van der Waals surface area contributed by atoms with Crippen molar-refractivity contribution in [2.75, 3.05) is 48.8 Å². The Bertz CT molecular complexity index is 1610. The number of rotatable bonds is 9. The molecule has 5 rings (SSSR count). The summed E-state index contributed by atoms with van der Waals surface area (Å²) in [5, 5.41) is 9.46. The summed E-state index contributed by atoms with van der Waals surface area (Å²) in [5.74, 6) is 2.04. The van der Waals surface area contributed by atoms with Gasteiger partial charge in [-0.2, -0.15) is 0 Å². The normalized spacial score (nSPS) is 12.0. The zero-order valence-corrected chi connectivity index (χ0v) is 24.7. The Morgan fingerprint density at radius 1 is 1.02 bits per heavy atom. The van der Waals surface area contributed by atoms with Crippen LogP contribution in [0.15, 0.2) is 53.2 Å². The minimum atomic E-state index is -0.388. The molecule has 4 aromatic heterocycles. The molecule has 0 aliphatic rings. The lowest BCUT2D eigenvalue weighted by molar-refractivity contribution is 0.262. The molecule has 210 valence electrons. The molecule has 0 unspecified atom stereocenters. The summed E-state index contributed by atoms with van der Waals surface area (Å²) in [6, 6.07) is 13.1. The Hall–Kier alpha value is -3.96. The number of benzene rings is 1. The second-order valence-corrected chi connectivity index (χ2v) is 11.8. The van der Waals surface area contributed by atoms with E-state index in [1.165, 1.54) is 0 Å². The van der Waals surface area contributed by atoms with Crippen molar-refractivity contribution in [1.29, 1.82) is 0 Å². The Kier molecular flexibility index (Phi) is 7.77. The second-order valence-electron chi connectivity index (χ2n) is 10.8. The van der Waals surface area contributed by atoms with Crippen molar-refractivity contribution in [3.05, 3.63) is 54.4 Å². The van der Waals surface area contributed by atoms with Crippen molar-refractivity contribution in [3.63, 3.8) is 0 Å². The van der Waals surface area contributed by atoms with Gasteiger partial charge in [0.1, 0.15) is 16.4 Å². The molecule has 2 N–H and O–H groups in total. The summed E-state index contributed by atoms with van der Waals surface area (Å²) in [6.45, 7) is 14.5. The third kappa shape index (κ3) is 5.95. The van der Waals surface area contributed by atoms with Crippen LogP contribution in [-0.2, 0) is 5.41 Å². The van der Waals surface area contributed by atoms with Gasteiger partial charge in [-0.15, -0.1) is 0 Å². The largest absolute Gasteiger partial charge is 0.359 e. The number of hydrogen-bond donors (Lipinski definition) is 2. The highest BCUT2D eigenvalue weighted by atomic mass is 32.1. The van der Waals surface area contributed by atoms with Gasteiger partial charge < -0.3 is 19.6 Å². The fourth-order valence-electron chi connectivity index (χ4n) is 4.36. The topological polar surface area (TPSA) is 104 Å². The van der Waals surface area contributed by atoms with E-state index in [2.05, 4.69) is 63.0 Å². The van der Waals surface area contributed by atoms with E-state index in [1.54, 1.807) is 17.4 Å². The van der Waals surface area contributed by atoms with Gasteiger partial charge in [0.25, 0.3) is 0 Å². The number of carbonyl (C=O) groups is 1. The van der Waals surface area contributed by atoms with Gasteiger partial charge in [-0.3, -0.25) is 9.72 Å². The molecule has 0 spiro atoms. The van der Waals surface area contributed by atoms with Gasteiger partial charge in [-0.1, -0.05) is 63.2 Å². The molecule has 4 heterocycles. The molecular formula is C29H36N8O2S. The molecule has 0 aliphatic heterocycles. The highest BCUT2D eigenvalue weighted by molar-refractivity contribution is 7.23. The fraction of sp³-hybridized carbons (Fsp3) is 0.379. The molecule has 0 radical (unpaired) electrons. The van der Waals surface area contributed by atoms with Crippen LogP contribution < -0.4 is 15.5 Å². The maximum Gasteiger partial charge on any atom is 0.324 e. The van der Waals surface area contributed by atoms with Crippen molar-refractivity contribution >= 4 is 50.0 Å². The van der Waals surface area contributed by atoms with Crippen molar-refractivity contribution < 1.29 is 9.32 Å². The van der Waals surface area contributed by atoms with Crippen LogP contribution in [0.25, 0.3) is 26.6 Å². The van der Waals surface area contributed by atoms with E-state index in [9.17, 15) is 4.79 Å². The van der Waals surface area contributed by atoms with E-state index in [0.717, 1.165) is 58.6 Å². The molecule has 40 heavy (non-hydrogen) atoms. The molecule has 1 aromatic carbocycles. The van der Waals surface area contributed by atoms with Crippen LogP contribution in [0.3, 0.4) is 0 Å². The fourth-order valence-corrected chi connectivity index (χ4v) is 5.34. The molecule has 10 nitrogen and oxygen atoms in total. The number of urea groups is 1. The van der Waals surface area contributed by atoms with E-state index in [4.69, 9.17) is 14.5 Å². The third-order valence-corrected chi connectivity index (χ3v) is 7.88. The Labute approximate surface area is 238 Å². The van der Waals surface area contributed by atoms with Crippen LogP contribution in [-0.4, -0.2) is 63.7 Å². The van der Waals surface area contributed by atoms with Gasteiger partial charge in [-0.05, 0) is 37.4 Å². The minimum Gasteiger partial charge on any atom is -0.359 e. The Morgan fingerprint density at radius 2 is 1.77 bits per heavy atom. The molecule has 11 heteroatoms. The minimum absolute atomic E-state index is 0.186. The van der Waals surface area contributed by atoms with Crippen molar-refractivity contribution in [3.8, 4) is 11.3 Å². The molecular weight excluding hydrogens is 524 g/mol. The highest BCUT2D eigenvalue weighted by Crippen LogP contribution is 2.30. The van der Waals surface area contributed by atoms with E-state index in [-0.39, 0.29) is 11.4 Å². The number of imidazole rings is 1. The first-order valence-corrected chi connectivity index (χ1v) is 14.3. The van der Waals surface area contributed by atoms with Crippen LogP contribution in [0.5, 0.6) is 0 Å². The second kappa shape index (κ2) is 11.3. The van der Waals surface area contributed by atoms with Crippen molar-refractivity contribution in [2.24, 2.45) is 0 Å². The van der Waals surface area contributed by atoms with E-state index in [0.29, 0.717) is 17.3 Å². The zero-order valence-electron chi connectivity index (χ0n) is 23.9. The lowest BCUT2D eigenvalue weighted by atomic mass is 9.93. The van der Waals surface area contributed by atoms with Crippen LogP contribution in [0.2, 0.25) is 0 Å². The number of carbonyl (C=O) groups excluding carboxylic acids is 1. The average Bonchev–Trinajstić information content (AvgIpc) is 3.64. The van der Waals surface area contributed by atoms with Gasteiger partial charge in [0, 0.05) is 49.1 Å². The summed E-state index contributed by atoms with van der Waals surface area (Å²) in [6.07, 6.45) is 2.03. The maximum absolute atomic E-state index is 12.4. The molecule has 0 bridgehead atoms. The van der Waals surface area contributed by atoms with E-state index < -0.39 is 0 Å². The smallest absolute Gasteiger partial charge is 0.324 e. The number of nitrogens with one attached hydrogen (secondary N) is 2. The first-order valence-electron chi connectivity index (χ1n) is 13.5. The number of aromatic nitrogens is 4. The summed E-state index contributed by atoms with van der Waals surface area (Å²) >= 11 is 1.58.